The molecule has 0 spiro atoms. The Labute approximate surface area is 176 Å². The number of aromatic nitrogens is 2. The number of para-hydroxylation sites is 2. The third-order valence-electron chi connectivity index (χ3n) is 4.96. The molecule has 0 atom stereocenters. The Morgan fingerprint density at radius 3 is 2.47 bits per heavy atom. The molecule has 0 amide bonds. The number of hydrogen-bond acceptors (Lipinski definition) is 4. The summed E-state index contributed by atoms with van der Waals surface area (Å²) in [5.74, 6) is 3.33. The van der Waals surface area contributed by atoms with Gasteiger partial charge < -0.3 is 18.8 Å². The molecule has 0 saturated heterocycles. The van der Waals surface area contributed by atoms with E-state index in [1.54, 1.807) is 7.11 Å². The van der Waals surface area contributed by atoms with Crippen LogP contribution in [-0.2, 0) is 13.2 Å². The number of imidazole rings is 1. The van der Waals surface area contributed by atoms with Crippen molar-refractivity contribution in [3.63, 3.8) is 0 Å². The maximum absolute atomic E-state index is 6.00. The molecule has 5 nitrogen and oxygen atoms in total. The van der Waals surface area contributed by atoms with E-state index < -0.39 is 0 Å². The van der Waals surface area contributed by atoms with Gasteiger partial charge in [-0.3, -0.25) is 0 Å². The van der Waals surface area contributed by atoms with Crippen LogP contribution in [0.1, 0.15) is 17.8 Å². The Hall–Kier alpha value is -3.47. The molecule has 0 aliphatic carbocycles. The van der Waals surface area contributed by atoms with Crippen molar-refractivity contribution in [3.05, 3.63) is 84.2 Å². The lowest BCUT2D eigenvalue weighted by Crippen LogP contribution is -2.10. The van der Waals surface area contributed by atoms with Crippen molar-refractivity contribution in [2.45, 2.75) is 26.5 Å². The Morgan fingerprint density at radius 2 is 1.63 bits per heavy atom. The Kier molecular flexibility index (Phi) is 6.18. The molecule has 4 rings (SSSR count). The fourth-order valence-corrected chi connectivity index (χ4v) is 3.37. The van der Waals surface area contributed by atoms with Crippen molar-refractivity contribution in [1.82, 2.24) is 9.55 Å². The van der Waals surface area contributed by atoms with Crippen molar-refractivity contribution >= 4 is 11.0 Å². The van der Waals surface area contributed by atoms with Gasteiger partial charge in [0.1, 0.15) is 29.7 Å². The van der Waals surface area contributed by atoms with Crippen molar-refractivity contribution in [2.75, 3.05) is 13.7 Å². The number of benzene rings is 3. The second-order valence-corrected chi connectivity index (χ2v) is 7.15. The number of methoxy groups -OCH3 is 1. The summed E-state index contributed by atoms with van der Waals surface area (Å²) >= 11 is 0. The van der Waals surface area contributed by atoms with Gasteiger partial charge in [-0.1, -0.05) is 35.9 Å². The second kappa shape index (κ2) is 9.35. The first-order chi connectivity index (χ1) is 14.7. The van der Waals surface area contributed by atoms with E-state index in [9.17, 15) is 0 Å². The predicted octanol–water partition coefficient (Wildman–Crippen LogP) is 5.40. The first-order valence-corrected chi connectivity index (χ1v) is 10.1. The van der Waals surface area contributed by atoms with Gasteiger partial charge in [0.15, 0.2) is 0 Å². The standard InChI is InChI=1S/C25H26N2O3/c1-19-11-13-20(14-12-19)29-16-6-15-27-24-10-4-3-9-23(24)26-25(27)18-30-22-8-5-7-21(17-22)28-2/h3-5,7-14,17H,6,15-16,18H2,1-2H3. The SMILES string of the molecule is COc1cccc(OCc2nc3ccccc3n2CCCOc2ccc(C)cc2)c1. The summed E-state index contributed by atoms with van der Waals surface area (Å²) in [6, 6.07) is 23.9. The van der Waals surface area contributed by atoms with Gasteiger partial charge in [-0.25, -0.2) is 4.98 Å². The molecule has 0 aliphatic heterocycles. The lowest BCUT2D eigenvalue weighted by atomic mass is 10.2. The fraction of sp³-hybridized carbons (Fsp3) is 0.240. The summed E-state index contributed by atoms with van der Waals surface area (Å²) < 4.78 is 19.4. The maximum atomic E-state index is 6.00. The molecule has 30 heavy (non-hydrogen) atoms. The van der Waals surface area contributed by atoms with E-state index in [1.807, 2.05) is 54.6 Å². The lowest BCUT2D eigenvalue weighted by Gasteiger charge is -2.12. The fourth-order valence-electron chi connectivity index (χ4n) is 3.37. The van der Waals surface area contributed by atoms with E-state index in [0.717, 1.165) is 47.1 Å². The van der Waals surface area contributed by atoms with Gasteiger partial charge in [-0.2, -0.15) is 0 Å². The van der Waals surface area contributed by atoms with Crippen LogP contribution < -0.4 is 14.2 Å². The molecule has 0 unspecified atom stereocenters. The van der Waals surface area contributed by atoms with Crippen LogP contribution in [0.2, 0.25) is 0 Å². The van der Waals surface area contributed by atoms with Gasteiger partial charge in [0.05, 0.1) is 24.8 Å². The van der Waals surface area contributed by atoms with Crippen LogP contribution >= 0.6 is 0 Å². The zero-order valence-electron chi connectivity index (χ0n) is 17.4. The average molecular weight is 402 g/mol. The van der Waals surface area contributed by atoms with Gasteiger partial charge in [0.2, 0.25) is 0 Å². The molecule has 0 N–H and O–H groups in total. The number of ether oxygens (including phenoxy) is 3. The van der Waals surface area contributed by atoms with Crippen LogP contribution in [0.3, 0.4) is 0 Å². The minimum absolute atomic E-state index is 0.390. The summed E-state index contributed by atoms with van der Waals surface area (Å²) in [6.07, 6.45) is 0.875. The van der Waals surface area contributed by atoms with Gasteiger partial charge in [-0.15, -0.1) is 0 Å². The van der Waals surface area contributed by atoms with Crippen LogP contribution in [0.25, 0.3) is 11.0 Å². The predicted molar refractivity (Wildman–Crippen MR) is 118 cm³/mol. The van der Waals surface area contributed by atoms with Crippen LogP contribution in [0.15, 0.2) is 72.8 Å². The molecule has 0 aliphatic rings. The summed E-state index contributed by atoms with van der Waals surface area (Å²) in [7, 11) is 1.65. The quantitative estimate of drug-likeness (QED) is 0.352. The monoisotopic (exact) mass is 402 g/mol. The summed E-state index contributed by atoms with van der Waals surface area (Å²) in [5.41, 5.74) is 3.31. The van der Waals surface area contributed by atoms with Crippen LogP contribution in [-0.4, -0.2) is 23.3 Å². The average Bonchev–Trinajstić information content (AvgIpc) is 3.14. The largest absolute Gasteiger partial charge is 0.497 e. The Balaban J connectivity index is 1.43. The zero-order chi connectivity index (χ0) is 20.8. The molecule has 0 radical (unpaired) electrons. The number of aryl methyl sites for hydroxylation is 2. The van der Waals surface area contributed by atoms with Crippen LogP contribution in [0, 0.1) is 6.92 Å². The van der Waals surface area contributed by atoms with Gasteiger partial charge in [-0.05, 0) is 49.7 Å². The highest BCUT2D eigenvalue weighted by Gasteiger charge is 2.11. The molecular formula is C25H26N2O3. The molecule has 0 fully saturated rings. The number of fused-ring (bicyclic) bond motifs is 1. The van der Waals surface area contributed by atoms with E-state index in [2.05, 4.69) is 29.7 Å². The van der Waals surface area contributed by atoms with Gasteiger partial charge >= 0.3 is 0 Å². The zero-order valence-corrected chi connectivity index (χ0v) is 17.4. The molecule has 0 saturated carbocycles. The highest BCUT2D eigenvalue weighted by Crippen LogP contribution is 2.22. The van der Waals surface area contributed by atoms with Crippen molar-refractivity contribution in [3.8, 4) is 17.2 Å². The topological polar surface area (TPSA) is 45.5 Å². The summed E-state index contributed by atoms with van der Waals surface area (Å²) in [6.45, 7) is 3.92. The third-order valence-corrected chi connectivity index (χ3v) is 4.96. The van der Waals surface area contributed by atoms with Crippen molar-refractivity contribution < 1.29 is 14.2 Å². The number of nitrogens with zero attached hydrogens (tertiary/aromatic N) is 2. The first-order valence-electron chi connectivity index (χ1n) is 10.1. The van der Waals surface area contributed by atoms with Crippen molar-refractivity contribution in [2.24, 2.45) is 0 Å². The highest BCUT2D eigenvalue weighted by molar-refractivity contribution is 5.75. The minimum Gasteiger partial charge on any atom is -0.497 e. The van der Waals surface area contributed by atoms with E-state index in [4.69, 9.17) is 19.2 Å². The summed E-state index contributed by atoms with van der Waals surface area (Å²) in [4.78, 5) is 4.78. The smallest absolute Gasteiger partial charge is 0.147 e. The number of hydrogen-bond donors (Lipinski definition) is 0. The maximum Gasteiger partial charge on any atom is 0.147 e. The van der Waals surface area contributed by atoms with E-state index in [0.29, 0.717) is 13.2 Å². The van der Waals surface area contributed by atoms with Crippen LogP contribution in [0.4, 0.5) is 0 Å². The first kappa shape index (κ1) is 19.8. The minimum atomic E-state index is 0.390. The Morgan fingerprint density at radius 1 is 0.833 bits per heavy atom. The van der Waals surface area contributed by atoms with E-state index in [-0.39, 0.29) is 0 Å². The highest BCUT2D eigenvalue weighted by atomic mass is 16.5. The van der Waals surface area contributed by atoms with Crippen molar-refractivity contribution in [1.29, 1.82) is 0 Å². The molecule has 154 valence electrons. The van der Waals surface area contributed by atoms with E-state index in [1.165, 1.54) is 5.56 Å². The summed E-state index contributed by atoms with van der Waals surface area (Å²) in [5, 5.41) is 0. The van der Waals surface area contributed by atoms with Gasteiger partial charge in [0, 0.05) is 12.6 Å². The Bertz CT molecular complexity index is 1100. The molecule has 1 heterocycles. The lowest BCUT2D eigenvalue weighted by molar-refractivity contribution is 0.279. The second-order valence-electron chi connectivity index (χ2n) is 7.15. The molecule has 3 aromatic carbocycles. The van der Waals surface area contributed by atoms with Crippen LogP contribution in [0.5, 0.6) is 17.2 Å². The normalized spacial score (nSPS) is 10.9. The van der Waals surface area contributed by atoms with Gasteiger partial charge in [0.25, 0.3) is 0 Å². The molecular weight excluding hydrogens is 376 g/mol. The number of rotatable bonds is 9. The third kappa shape index (κ3) is 4.74. The molecule has 0 bridgehead atoms. The molecule has 1 aromatic heterocycles. The molecule has 4 aromatic rings. The van der Waals surface area contributed by atoms with E-state index >= 15 is 0 Å². The molecule has 5 heteroatoms.